The van der Waals surface area contributed by atoms with E-state index in [-0.39, 0.29) is 18.3 Å². The lowest BCUT2D eigenvalue weighted by molar-refractivity contribution is -0.111. The van der Waals surface area contributed by atoms with E-state index in [2.05, 4.69) is 10.4 Å². The van der Waals surface area contributed by atoms with Crippen molar-refractivity contribution in [2.45, 2.75) is 0 Å². The lowest BCUT2D eigenvalue weighted by Crippen LogP contribution is -2.18. The van der Waals surface area contributed by atoms with Gasteiger partial charge in [0.05, 0.1) is 11.4 Å². The van der Waals surface area contributed by atoms with Crippen LogP contribution in [0.2, 0.25) is 0 Å². The molecule has 2 heterocycles. The normalized spacial score (nSPS) is 12.3. The quantitative estimate of drug-likeness (QED) is 0.709. The third-order valence-corrected chi connectivity index (χ3v) is 4.25. The van der Waals surface area contributed by atoms with Gasteiger partial charge >= 0.3 is 0 Å². The van der Waals surface area contributed by atoms with Crippen LogP contribution in [0.5, 0.6) is 11.5 Å². The van der Waals surface area contributed by atoms with Crippen molar-refractivity contribution in [3.8, 4) is 22.8 Å². The maximum atomic E-state index is 12.4. The highest BCUT2D eigenvalue weighted by molar-refractivity contribution is 6.04. The van der Waals surface area contributed by atoms with Crippen molar-refractivity contribution in [1.82, 2.24) is 9.78 Å². The third-order valence-electron chi connectivity index (χ3n) is 4.25. The summed E-state index contributed by atoms with van der Waals surface area (Å²) in [5.74, 6) is 1.07. The number of rotatable bonds is 4. The van der Waals surface area contributed by atoms with Crippen LogP contribution < -0.4 is 20.3 Å². The van der Waals surface area contributed by atoms with E-state index in [0.29, 0.717) is 22.9 Å². The van der Waals surface area contributed by atoms with Crippen molar-refractivity contribution in [3.05, 3.63) is 76.6 Å². The summed E-state index contributed by atoms with van der Waals surface area (Å²) in [6.45, 7) is 0.207. The molecule has 0 aliphatic carbocycles. The molecular formula is C21H17N3O4. The Morgan fingerprint density at radius 1 is 1.11 bits per heavy atom. The van der Waals surface area contributed by atoms with E-state index in [0.717, 1.165) is 11.1 Å². The molecule has 0 fully saturated rings. The van der Waals surface area contributed by atoms with Crippen LogP contribution in [-0.2, 0) is 11.8 Å². The van der Waals surface area contributed by atoms with Crippen LogP contribution >= 0.6 is 0 Å². The molecule has 0 radical (unpaired) electrons. The summed E-state index contributed by atoms with van der Waals surface area (Å²) in [5, 5.41) is 7.10. The summed E-state index contributed by atoms with van der Waals surface area (Å²) in [4.78, 5) is 24.0. The highest BCUT2D eigenvalue weighted by Gasteiger charge is 2.12. The summed E-state index contributed by atoms with van der Waals surface area (Å²) < 4.78 is 11.9. The number of ether oxygens (including phenoxy) is 2. The van der Waals surface area contributed by atoms with Gasteiger partial charge in [-0.15, -0.1) is 0 Å². The van der Waals surface area contributed by atoms with Crippen LogP contribution in [0, 0.1) is 0 Å². The molecule has 1 aliphatic heterocycles. The molecule has 0 saturated carbocycles. The number of hydrogen-bond acceptors (Lipinski definition) is 5. The largest absolute Gasteiger partial charge is 0.454 e. The first-order valence-electron chi connectivity index (χ1n) is 8.63. The fourth-order valence-corrected chi connectivity index (χ4v) is 2.82. The number of hydrogen-bond donors (Lipinski definition) is 1. The fraction of sp³-hybridized carbons (Fsp3) is 0.0952. The van der Waals surface area contributed by atoms with E-state index in [4.69, 9.17) is 9.47 Å². The number of nitrogens with zero attached hydrogens (tertiary/aromatic N) is 2. The average Bonchev–Trinajstić information content (AvgIpc) is 3.17. The standard InChI is InChI=1S/C21H17N3O4/c1-24-21(26)11-8-17(23-24)15-4-2-3-5-16(15)22-20(25)10-7-14-6-9-18-19(12-14)28-13-27-18/h2-12H,13H2,1H3,(H,22,25)/b10-7+. The minimum Gasteiger partial charge on any atom is -0.454 e. The Kier molecular flexibility index (Phi) is 4.63. The Morgan fingerprint density at radius 2 is 1.93 bits per heavy atom. The molecule has 1 aromatic heterocycles. The Labute approximate surface area is 160 Å². The topological polar surface area (TPSA) is 82.5 Å². The van der Waals surface area contributed by atoms with Crippen LogP contribution in [0.1, 0.15) is 5.56 Å². The van der Waals surface area contributed by atoms with Gasteiger partial charge in [0.15, 0.2) is 11.5 Å². The molecule has 0 unspecified atom stereocenters. The number of carbonyl (C=O) groups is 1. The summed E-state index contributed by atoms with van der Waals surface area (Å²) in [5.41, 5.74) is 2.55. The zero-order chi connectivity index (χ0) is 19.5. The molecule has 140 valence electrons. The maximum Gasteiger partial charge on any atom is 0.266 e. The molecular weight excluding hydrogens is 358 g/mol. The number of carbonyl (C=O) groups excluding carboxylic acids is 1. The number of aryl methyl sites for hydroxylation is 1. The molecule has 0 bridgehead atoms. The summed E-state index contributed by atoms with van der Waals surface area (Å²) in [6.07, 6.45) is 3.15. The zero-order valence-corrected chi connectivity index (χ0v) is 15.1. The lowest BCUT2D eigenvalue weighted by Gasteiger charge is -2.10. The molecule has 7 heteroatoms. The lowest BCUT2D eigenvalue weighted by atomic mass is 10.1. The third kappa shape index (κ3) is 3.64. The van der Waals surface area contributed by atoms with Crippen LogP contribution in [0.15, 0.2) is 65.5 Å². The van der Waals surface area contributed by atoms with Gasteiger partial charge in [-0.3, -0.25) is 9.59 Å². The van der Waals surface area contributed by atoms with E-state index < -0.39 is 0 Å². The molecule has 7 nitrogen and oxygen atoms in total. The maximum absolute atomic E-state index is 12.4. The van der Waals surface area contributed by atoms with Crippen LogP contribution in [0.3, 0.4) is 0 Å². The van der Waals surface area contributed by atoms with Crippen LogP contribution in [0.4, 0.5) is 5.69 Å². The second-order valence-corrected chi connectivity index (χ2v) is 6.16. The van der Waals surface area contributed by atoms with Gasteiger partial charge in [0, 0.05) is 24.8 Å². The number of para-hydroxylation sites is 1. The second-order valence-electron chi connectivity index (χ2n) is 6.16. The molecule has 1 amide bonds. The summed E-state index contributed by atoms with van der Waals surface area (Å²) >= 11 is 0. The highest BCUT2D eigenvalue weighted by Crippen LogP contribution is 2.32. The molecule has 0 atom stereocenters. The molecule has 1 N–H and O–H groups in total. The van der Waals surface area contributed by atoms with Gasteiger partial charge in [-0.1, -0.05) is 24.3 Å². The van der Waals surface area contributed by atoms with Crippen molar-refractivity contribution >= 4 is 17.7 Å². The molecule has 0 saturated heterocycles. The summed E-state index contributed by atoms with van der Waals surface area (Å²) in [7, 11) is 1.58. The number of aromatic nitrogens is 2. The first kappa shape index (κ1) is 17.5. The number of amides is 1. The monoisotopic (exact) mass is 375 g/mol. The first-order chi connectivity index (χ1) is 13.6. The van der Waals surface area contributed by atoms with Gasteiger partial charge in [0.1, 0.15) is 0 Å². The molecule has 1 aliphatic rings. The van der Waals surface area contributed by atoms with Gasteiger partial charge in [0.25, 0.3) is 5.56 Å². The van der Waals surface area contributed by atoms with Gasteiger partial charge < -0.3 is 14.8 Å². The van der Waals surface area contributed by atoms with Crippen molar-refractivity contribution in [1.29, 1.82) is 0 Å². The van der Waals surface area contributed by atoms with Crippen molar-refractivity contribution < 1.29 is 14.3 Å². The van der Waals surface area contributed by atoms with E-state index >= 15 is 0 Å². The molecule has 28 heavy (non-hydrogen) atoms. The van der Waals surface area contributed by atoms with Crippen LogP contribution in [-0.4, -0.2) is 22.5 Å². The van der Waals surface area contributed by atoms with E-state index in [9.17, 15) is 9.59 Å². The molecule has 4 rings (SSSR count). The van der Waals surface area contributed by atoms with Crippen molar-refractivity contribution in [2.75, 3.05) is 12.1 Å². The Hall–Kier alpha value is -3.87. The average molecular weight is 375 g/mol. The Bertz CT molecular complexity index is 1130. The SMILES string of the molecule is Cn1nc(-c2ccccc2NC(=O)/C=C/c2ccc3c(c2)OCO3)ccc1=O. The smallest absolute Gasteiger partial charge is 0.266 e. The molecule has 3 aromatic rings. The zero-order valence-electron chi connectivity index (χ0n) is 15.1. The van der Waals surface area contributed by atoms with Gasteiger partial charge in [-0.25, -0.2) is 4.68 Å². The van der Waals surface area contributed by atoms with Gasteiger partial charge in [-0.2, -0.15) is 5.10 Å². The van der Waals surface area contributed by atoms with Crippen molar-refractivity contribution in [3.63, 3.8) is 0 Å². The first-order valence-corrected chi connectivity index (χ1v) is 8.63. The number of fused-ring (bicyclic) bond motifs is 1. The number of anilines is 1. The van der Waals surface area contributed by atoms with Crippen molar-refractivity contribution in [2.24, 2.45) is 7.05 Å². The van der Waals surface area contributed by atoms with E-state index in [1.165, 1.54) is 16.8 Å². The predicted octanol–water partition coefficient (Wildman–Crippen LogP) is 2.83. The highest BCUT2D eigenvalue weighted by atomic mass is 16.7. The minimum absolute atomic E-state index is 0.197. The second kappa shape index (κ2) is 7.40. The number of nitrogens with one attached hydrogen (secondary N) is 1. The van der Waals surface area contributed by atoms with Crippen LogP contribution in [0.25, 0.3) is 17.3 Å². The molecule has 0 spiro atoms. The summed E-state index contributed by atoms with van der Waals surface area (Å²) in [6, 6.07) is 15.8. The van der Waals surface area contributed by atoms with E-state index in [1.807, 2.05) is 30.3 Å². The fourth-order valence-electron chi connectivity index (χ4n) is 2.82. The minimum atomic E-state index is -0.282. The Morgan fingerprint density at radius 3 is 2.79 bits per heavy atom. The Balaban J connectivity index is 1.53. The molecule has 2 aromatic carbocycles. The van der Waals surface area contributed by atoms with Gasteiger partial charge in [0.2, 0.25) is 12.7 Å². The van der Waals surface area contributed by atoms with E-state index in [1.54, 1.807) is 31.3 Å². The number of benzene rings is 2. The predicted molar refractivity (Wildman–Crippen MR) is 105 cm³/mol. The van der Waals surface area contributed by atoms with Gasteiger partial charge in [-0.05, 0) is 35.9 Å².